The molecule has 1 aliphatic heterocycles. The molecule has 6 nitrogen and oxygen atoms in total. The molecule has 0 saturated carbocycles. The first-order valence-electron chi connectivity index (χ1n) is 11.2. The van der Waals surface area contributed by atoms with E-state index in [0.717, 1.165) is 19.3 Å². The molecule has 0 radical (unpaired) electrons. The predicted molar refractivity (Wildman–Crippen MR) is 120 cm³/mol. The molecule has 2 atom stereocenters. The van der Waals surface area contributed by atoms with E-state index in [9.17, 15) is 14.7 Å². The molecule has 2 N–H and O–H groups in total. The van der Waals surface area contributed by atoms with Crippen molar-refractivity contribution in [3.8, 4) is 0 Å². The van der Waals surface area contributed by atoms with Gasteiger partial charge in [0.25, 0.3) is 0 Å². The number of aromatic amines is 1. The van der Waals surface area contributed by atoms with Crippen LogP contribution in [0.4, 0.5) is 0 Å². The summed E-state index contributed by atoms with van der Waals surface area (Å²) < 4.78 is 12.8. The Labute approximate surface area is 178 Å². The average molecular weight is 513 g/mol. The molecule has 2 heterocycles. The van der Waals surface area contributed by atoms with Crippen LogP contribution in [0.15, 0.2) is 25.5 Å². The van der Waals surface area contributed by atoms with Crippen LogP contribution in [0.25, 0.3) is 0 Å². The van der Waals surface area contributed by atoms with Crippen LogP contribution in [0.1, 0.15) is 71.1 Å². The summed E-state index contributed by atoms with van der Waals surface area (Å²) in [4.78, 5) is 27.0. The molecule has 2 rings (SSSR count). The third kappa shape index (κ3) is 5.85. The van der Waals surface area contributed by atoms with Gasteiger partial charge in [-0.25, -0.2) is 0 Å². The van der Waals surface area contributed by atoms with Crippen molar-refractivity contribution in [3.05, 3.63) is 42.3 Å². The second-order valence-corrected chi connectivity index (χ2v) is 21.6. The van der Waals surface area contributed by atoms with Crippen molar-refractivity contribution in [1.29, 1.82) is 0 Å². The maximum absolute atomic E-state index is 12.6. The molecular weight excluding hydrogens is 475 g/mol. The number of aryl methyl sites for hydroxylation is 1. The van der Waals surface area contributed by atoms with Crippen molar-refractivity contribution < 1.29 is 9.84 Å². The summed E-state index contributed by atoms with van der Waals surface area (Å²) in [5.74, 6) is 0. The number of H-pyrrole nitrogens is 1. The Morgan fingerprint density at radius 1 is 1.07 bits per heavy atom. The fourth-order valence-electron chi connectivity index (χ4n) is 4.42. The van der Waals surface area contributed by atoms with Crippen LogP contribution in [0.3, 0.4) is 0 Å². The van der Waals surface area contributed by atoms with Crippen LogP contribution >= 0.6 is 0 Å². The van der Waals surface area contributed by atoms with Gasteiger partial charge >= 0.3 is 179 Å². The van der Waals surface area contributed by atoms with Gasteiger partial charge in [0, 0.05) is 0 Å². The number of unbranched alkanes of at least 4 members (excludes halogenated alkanes) is 3. The number of nitrogens with zero attached hydrogens (tertiary/aromatic N) is 1. The fourth-order valence-corrected chi connectivity index (χ4v) is 21.5. The van der Waals surface area contributed by atoms with Gasteiger partial charge in [0.15, 0.2) is 0 Å². The summed E-state index contributed by atoms with van der Waals surface area (Å²) >= 11 is -2.86. The van der Waals surface area contributed by atoms with Crippen molar-refractivity contribution >= 4 is 18.4 Å². The van der Waals surface area contributed by atoms with Gasteiger partial charge in [-0.3, -0.25) is 0 Å². The van der Waals surface area contributed by atoms with E-state index in [4.69, 9.17) is 4.74 Å². The summed E-state index contributed by atoms with van der Waals surface area (Å²) in [5, 5.41) is 9.82. The summed E-state index contributed by atoms with van der Waals surface area (Å²) in [5.41, 5.74) is -0.292. The van der Waals surface area contributed by atoms with Gasteiger partial charge in [0.1, 0.15) is 0 Å². The van der Waals surface area contributed by atoms with Crippen LogP contribution < -0.4 is 11.2 Å². The second-order valence-electron chi connectivity index (χ2n) is 8.40. The third-order valence-corrected chi connectivity index (χ3v) is 22.1. The van der Waals surface area contributed by atoms with E-state index < -0.39 is 30.3 Å². The molecule has 29 heavy (non-hydrogen) atoms. The topological polar surface area (TPSA) is 84.3 Å². The first-order valence-corrected chi connectivity index (χ1v) is 18.7. The molecule has 1 aliphatic rings. The Bertz CT molecular complexity index is 777. The summed E-state index contributed by atoms with van der Waals surface area (Å²) in [6.07, 6.45) is 9.99. The zero-order valence-corrected chi connectivity index (χ0v) is 21.4. The molecule has 0 aliphatic carbocycles. The SMILES string of the molecule is CCC[CH2][Sn]([CH2]CCC)([CH2]CCC)[C]1=C[C@@H](CO)O[C@H]1n1cc(C)c(=O)[nH]c1=O. The Balaban J connectivity index is 2.57. The molecule has 0 aromatic carbocycles. The van der Waals surface area contributed by atoms with Crippen LogP contribution in [0, 0.1) is 6.92 Å². The predicted octanol–water partition coefficient (Wildman–Crippen LogP) is 4.05. The number of aromatic nitrogens is 2. The van der Waals surface area contributed by atoms with Crippen molar-refractivity contribution in [2.75, 3.05) is 6.61 Å². The van der Waals surface area contributed by atoms with E-state index in [1.165, 1.54) is 36.2 Å². The monoisotopic (exact) mass is 514 g/mol. The van der Waals surface area contributed by atoms with Crippen LogP contribution in [-0.2, 0) is 4.74 Å². The van der Waals surface area contributed by atoms with Crippen molar-refractivity contribution in [3.63, 3.8) is 0 Å². The van der Waals surface area contributed by atoms with E-state index in [2.05, 4.69) is 31.8 Å². The Kier molecular flexibility index (Phi) is 9.69. The van der Waals surface area contributed by atoms with Gasteiger partial charge in [-0.05, 0) is 0 Å². The van der Waals surface area contributed by atoms with Gasteiger partial charge < -0.3 is 0 Å². The fraction of sp³-hybridized carbons (Fsp3) is 0.727. The normalized spacial score (nSPS) is 19.6. The van der Waals surface area contributed by atoms with Crippen molar-refractivity contribution in [2.24, 2.45) is 0 Å². The average Bonchev–Trinajstić information content (AvgIpc) is 3.15. The number of nitrogens with one attached hydrogen (secondary N) is 1. The number of ether oxygens (including phenoxy) is 1. The van der Waals surface area contributed by atoms with E-state index in [1.54, 1.807) is 17.7 Å². The Morgan fingerprint density at radius 3 is 2.10 bits per heavy atom. The molecule has 1 aromatic heterocycles. The van der Waals surface area contributed by atoms with Crippen LogP contribution in [-0.4, -0.2) is 45.7 Å². The number of aliphatic hydroxyl groups is 1. The Hall–Kier alpha value is -0.861. The number of hydrogen-bond acceptors (Lipinski definition) is 4. The molecule has 0 saturated heterocycles. The zero-order chi connectivity index (χ0) is 21.4. The molecular formula is C22H38N2O4Sn. The van der Waals surface area contributed by atoms with E-state index in [0.29, 0.717) is 5.56 Å². The summed E-state index contributed by atoms with van der Waals surface area (Å²) in [7, 11) is 0. The first-order chi connectivity index (χ1) is 13.9. The first kappa shape index (κ1) is 24.4. The molecule has 1 aromatic rings. The van der Waals surface area contributed by atoms with E-state index in [1.807, 2.05) is 0 Å². The van der Waals surface area contributed by atoms with Crippen LogP contribution in [0.5, 0.6) is 0 Å². The molecule has 0 spiro atoms. The maximum atomic E-state index is 12.6. The number of rotatable bonds is 12. The van der Waals surface area contributed by atoms with Gasteiger partial charge in [-0.1, -0.05) is 0 Å². The third-order valence-electron chi connectivity index (χ3n) is 6.15. The van der Waals surface area contributed by atoms with Gasteiger partial charge in [0.05, 0.1) is 0 Å². The van der Waals surface area contributed by atoms with Crippen molar-refractivity contribution in [1.82, 2.24) is 9.55 Å². The van der Waals surface area contributed by atoms with E-state index in [-0.39, 0.29) is 18.3 Å². The van der Waals surface area contributed by atoms with E-state index >= 15 is 0 Å². The molecule has 0 unspecified atom stereocenters. The van der Waals surface area contributed by atoms with Gasteiger partial charge in [-0.15, -0.1) is 0 Å². The zero-order valence-electron chi connectivity index (χ0n) is 18.5. The molecule has 0 bridgehead atoms. The minimum atomic E-state index is -2.86. The number of aliphatic hydroxyl groups excluding tert-OH is 1. The van der Waals surface area contributed by atoms with Crippen LogP contribution in [0.2, 0.25) is 13.3 Å². The second kappa shape index (κ2) is 11.5. The quantitative estimate of drug-likeness (QED) is 0.414. The standard InChI is InChI=1S/C10H11N2O4.3C4H9.Sn/c1-6-4-12(10(15)11-9(6)14)8-3-2-7(5-13)16-8;3*1-3-4-2;/h2,4,7-8,13H,5H2,1H3,(H,11,14,15);3*1,3-4H2,2H3;/t7-,8+;;;;/m0..../s1. The number of hydrogen-bond donors (Lipinski definition) is 2. The Morgan fingerprint density at radius 2 is 1.62 bits per heavy atom. The minimum absolute atomic E-state index is 0.0889. The molecule has 0 fully saturated rings. The molecule has 164 valence electrons. The van der Waals surface area contributed by atoms with Gasteiger partial charge in [-0.2, -0.15) is 0 Å². The molecule has 0 amide bonds. The molecule has 7 heteroatoms. The summed E-state index contributed by atoms with van der Waals surface area (Å²) in [6, 6.07) is 0. The van der Waals surface area contributed by atoms with Crippen molar-refractivity contribution in [2.45, 2.75) is 91.9 Å². The summed E-state index contributed by atoms with van der Waals surface area (Å²) in [6.45, 7) is 8.32. The van der Waals surface area contributed by atoms with Gasteiger partial charge in [0.2, 0.25) is 0 Å².